The zero-order valence-corrected chi connectivity index (χ0v) is 11.6. The molecule has 0 radical (unpaired) electrons. The molecule has 21 heavy (non-hydrogen) atoms. The number of benzene rings is 1. The van der Waals surface area contributed by atoms with E-state index in [1.165, 1.54) is 18.2 Å². The Balaban J connectivity index is 2.79. The number of halogens is 3. The van der Waals surface area contributed by atoms with Gasteiger partial charge in [0.2, 0.25) is 5.82 Å². The van der Waals surface area contributed by atoms with Gasteiger partial charge in [0.05, 0.1) is 11.1 Å². The Bertz CT molecular complexity index is 677. The van der Waals surface area contributed by atoms with E-state index in [2.05, 4.69) is 4.98 Å². The van der Waals surface area contributed by atoms with Crippen LogP contribution in [0.15, 0.2) is 18.2 Å². The van der Waals surface area contributed by atoms with Crippen LogP contribution in [0.2, 0.25) is 0 Å². The van der Waals surface area contributed by atoms with E-state index in [4.69, 9.17) is 5.11 Å². The van der Waals surface area contributed by atoms with Crippen LogP contribution < -0.4 is 0 Å². The Morgan fingerprint density at radius 3 is 2.62 bits per heavy atom. The lowest BCUT2D eigenvalue weighted by atomic mass is 10.1. The molecule has 0 saturated heterocycles. The molecule has 0 amide bonds. The minimum absolute atomic E-state index is 0.125. The molecule has 2 aromatic rings. The zero-order valence-electron chi connectivity index (χ0n) is 11.6. The lowest BCUT2D eigenvalue weighted by molar-refractivity contribution is -0.147. The fraction of sp³-hybridized carbons (Fsp3) is 0.429. The standard InChI is InChI=1S/C14H15F3N2O2/c1-3-5-8(2)19-10-7-4-6-9(12(20)21)11(10)18-13(19)14(15,16)17/h4,6-8H,3,5H2,1-2H3,(H,20,21). The summed E-state index contributed by atoms with van der Waals surface area (Å²) in [5.74, 6) is -2.34. The SMILES string of the molecule is CCCC(C)n1c(C(F)(F)F)nc2c(C(=O)O)cccc21. The lowest BCUT2D eigenvalue weighted by Gasteiger charge is -2.18. The molecule has 0 aliphatic heterocycles. The van der Waals surface area contributed by atoms with Gasteiger partial charge in [0, 0.05) is 6.04 Å². The Kier molecular flexibility index (Phi) is 3.93. The Morgan fingerprint density at radius 2 is 2.10 bits per heavy atom. The highest BCUT2D eigenvalue weighted by atomic mass is 19.4. The molecule has 4 nitrogen and oxygen atoms in total. The van der Waals surface area contributed by atoms with Gasteiger partial charge in [-0.15, -0.1) is 0 Å². The second-order valence-electron chi connectivity index (χ2n) is 4.92. The van der Waals surface area contributed by atoms with Crippen LogP contribution in [0.3, 0.4) is 0 Å². The summed E-state index contributed by atoms with van der Waals surface area (Å²) in [6.07, 6.45) is -3.36. The zero-order chi connectivity index (χ0) is 15.8. The van der Waals surface area contributed by atoms with E-state index in [9.17, 15) is 18.0 Å². The summed E-state index contributed by atoms with van der Waals surface area (Å²) < 4.78 is 40.7. The number of aromatic carboxylic acids is 1. The molecule has 1 aromatic carbocycles. The van der Waals surface area contributed by atoms with Gasteiger partial charge in [-0.1, -0.05) is 19.4 Å². The Hall–Kier alpha value is -2.05. The third-order valence-corrected chi connectivity index (χ3v) is 3.35. The van der Waals surface area contributed by atoms with E-state index in [1.54, 1.807) is 6.92 Å². The number of carboxylic acids is 1. The maximum atomic E-state index is 13.2. The number of para-hydroxylation sites is 1. The van der Waals surface area contributed by atoms with Gasteiger partial charge in [0.1, 0.15) is 5.52 Å². The van der Waals surface area contributed by atoms with E-state index in [0.717, 1.165) is 11.0 Å². The highest BCUT2D eigenvalue weighted by Gasteiger charge is 2.39. The maximum Gasteiger partial charge on any atom is 0.449 e. The fourth-order valence-electron chi connectivity index (χ4n) is 2.48. The highest BCUT2D eigenvalue weighted by Crippen LogP contribution is 2.35. The third-order valence-electron chi connectivity index (χ3n) is 3.35. The first-order valence-corrected chi connectivity index (χ1v) is 6.58. The summed E-state index contributed by atoms with van der Waals surface area (Å²) >= 11 is 0. The molecule has 1 unspecified atom stereocenters. The van der Waals surface area contributed by atoms with Crippen molar-refractivity contribution in [3.8, 4) is 0 Å². The number of fused-ring (bicyclic) bond motifs is 1. The van der Waals surface area contributed by atoms with Crippen LogP contribution in [0.25, 0.3) is 11.0 Å². The van der Waals surface area contributed by atoms with Gasteiger partial charge in [-0.3, -0.25) is 0 Å². The Labute approximate surface area is 119 Å². The van der Waals surface area contributed by atoms with Crippen LogP contribution in [0.4, 0.5) is 13.2 Å². The molecule has 2 rings (SSSR count). The lowest BCUT2D eigenvalue weighted by Crippen LogP contribution is -2.17. The van der Waals surface area contributed by atoms with E-state index < -0.39 is 24.0 Å². The van der Waals surface area contributed by atoms with E-state index in [1.807, 2.05) is 6.92 Å². The average Bonchev–Trinajstić information content (AvgIpc) is 2.77. The number of nitrogens with zero attached hydrogens (tertiary/aromatic N) is 2. The topological polar surface area (TPSA) is 55.1 Å². The molecule has 7 heteroatoms. The first-order chi connectivity index (χ1) is 9.77. The van der Waals surface area contributed by atoms with Crippen molar-refractivity contribution in [2.75, 3.05) is 0 Å². The van der Waals surface area contributed by atoms with E-state index >= 15 is 0 Å². The van der Waals surface area contributed by atoms with Crippen LogP contribution in [-0.4, -0.2) is 20.6 Å². The fourth-order valence-corrected chi connectivity index (χ4v) is 2.48. The van der Waals surface area contributed by atoms with Crippen LogP contribution in [0, 0.1) is 0 Å². The highest BCUT2D eigenvalue weighted by molar-refractivity contribution is 6.01. The summed E-state index contributed by atoms with van der Waals surface area (Å²) in [6, 6.07) is 3.74. The molecule has 1 N–H and O–H groups in total. The van der Waals surface area contributed by atoms with Crippen LogP contribution in [-0.2, 0) is 6.18 Å². The molecule has 1 aromatic heterocycles. The van der Waals surface area contributed by atoms with Crippen molar-refractivity contribution in [1.82, 2.24) is 9.55 Å². The summed E-state index contributed by atoms with van der Waals surface area (Å²) in [4.78, 5) is 14.7. The smallest absolute Gasteiger partial charge is 0.449 e. The first kappa shape index (κ1) is 15.3. The molecular formula is C14H15F3N2O2. The number of rotatable bonds is 4. The third kappa shape index (κ3) is 2.72. The van der Waals surface area contributed by atoms with Gasteiger partial charge in [-0.25, -0.2) is 9.78 Å². The van der Waals surface area contributed by atoms with Gasteiger partial charge >= 0.3 is 12.1 Å². The number of alkyl halides is 3. The average molecular weight is 300 g/mol. The van der Waals surface area contributed by atoms with Gasteiger partial charge < -0.3 is 9.67 Å². The minimum atomic E-state index is -4.63. The van der Waals surface area contributed by atoms with Crippen molar-refractivity contribution < 1.29 is 23.1 Å². The van der Waals surface area contributed by atoms with Gasteiger partial charge in [-0.2, -0.15) is 13.2 Å². The minimum Gasteiger partial charge on any atom is -0.478 e. The van der Waals surface area contributed by atoms with Gasteiger partial charge in [0.15, 0.2) is 0 Å². The van der Waals surface area contributed by atoms with E-state index in [-0.39, 0.29) is 16.6 Å². The first-order valence-electron chi connectivity index (χ1n) is 6.58. The summed E-state index contributed by atoms with van der Waals surface area (Å²) in [6.45, 7) is 3.55. The maximum absolute atomic E-state index is 13.2. The second kappa shape index (κ2) is 5.38. The molecule has 1 heterocycles. The summed E-state index contributed by atoms with van der Waals surface area (Å²) in [5, 5.41) is 9.10. The second-order valence-corrected chi connectivity index (χ2v) is 4.92. The van der Waals surface area contributed by atoms with Crippen molar-refractivity contribution in [3.63, 3.8) is 0 Å². The van der Waals surface area contributed by atoms with Gasteiger partial charge in [-0.05, 0) is 25.5 Å². The van der Waals surface area contributed by atoms with Crippen LogP contribution >= 0.6 is 0 Å². The largest absolute Gasteiger partial charge is 0.478 e. The number of aromatic nitrogens is 2. The van der Waals surface area contributed by atoms with Crippen molar-refractivity contribution in [1.29, 1.82) is 0 Å². The molecule has 0 fully saturated rings. The Morgan fingerprint density at radius 1 is 1.43 bits per heavy atom. The molecule has 0 saturated carbocycles. The van der Waals surface area contributed by atoms with Crippen LogP contribution in [0.5, 0.6) is 0 Å². The van der Waals surface area contributed by atoms with Crippen molar-refractivity contribution in [2.24, 2.45) is 0 Å². The molecule has 0 spiro atoms. The predicted octanol–water partition coefficient (Wildman–Crippen LogP) is 4.11. The van der Waals surface area contributed by atoms with Gasteiger partial charge in [0.25, 0.3) is 0 Å². The molecule has 0 aliphatic rings. The van der Waals surface area contributed by atoms with Crippen LogP contribution in [0.1, 0.15) is 48.9 Å². The molecule has 0 aliphatic carbocycles. The molecule has 1 atom stereocenters. The molecule has 114 valence electrons. The van der Waals surface area contributed by atoms with Crippen molar-refractivity contribution in [3.05, 3.63) is 29.6 Å². The molecule has 0 bridgehead atoms. The number of hydrogen-bond donors (Lipinski definition) is 1. The predicted molar refractivity (Wildman–Crippen MR) is 71.3 cm³/mol. The molecular weight excluding hydrogens is 285 g/mol. The summed E-state index contributed by atoms with van der Waals surface area (Å²) in [7, 11) is 0. The number of imidazole rings is 1. The monoisotopic (exact) mass is 300 g/mol. The van der Waals surface area contributed by atoms with Crippen molar-refractivity contribution >= 4 is 17.0 Å². The number of hydrogen-bond acceptors (Lipinski definition) is 2. The number of carbonyl (C=O) groups is 1. The van der Waals surface area contributed by atoms with E-state index in [0.29, 0.717) is 6.42 Å². The summed E-state index contributed by atoms with van der Waals surface area (Å²) in [5.41, 5.74) is -0.149. The number of carboxylic acid groups (broad SMARTS) is 1. The quantitative estimate of drug-likeness (QED) is 0.924. The normalized spacial score (nSPS) is 13.6. The van der Waals surface area contributed by atoms with Crippen molar-refractivity contribution in [2.45, 2.75) is 38.9 Å².